The van der Waals surface area contributed by atoms with Crippen LogP contribution in [-0.4, -0.2) is 27.8 Å². The zero-order chi connectivity index (χ0) is 22.4. The molecule has 2 aromatic carbocycles. The fourth-order valence-electron chi connectivity index (χ4n) is 3.18. The zero-order valence-electron chi connectivity index (χ0n) is 17.4. The predicted octanol–water partition coefficient (Wildman–Crippen LogP) is 4.74. The lowest BCUT2D eigenvalue weighted by molar-refractivity contribution is -0.116. The minimum atomic E-state index is -0.150. The topological polar surface area (TPSA) is 79.0 Å². The molecule has 0 aliphatic heterocycles. The highest BCUT2D eigenvalue weighted by atomic mass is 35.5. The Balaban J connectivity index is 1.91. The molecule has 0 aliphatic carbocycles. The van der Waals surface area contributed by atoms with Crippen LogP contribution in [0.2, 0.25) is 5.02 Å². The van der Waals surface area contributed by atoms with E-state index in [4.69, 9.17) is 16.9 Å². The molecule has 6 nitrogen and oxygen atoms in total. The lowest BCUT2D eigenvalue weighted by Gasteiger charge is -2.22. The molecule has 0 radical (unpaired) electrons. The van der Waals surface area contributed by atoms with Crippen LogP contribution in [-0.2, 0) is 11.3 Å². The summed E-state index contributed by atoms with van der Waals surface area (Å²) in [5, 5.41) is 10.5. The first kappa shape index (κ1) is 22.9. The van der Waals surface area contributed by atoms with Crippen molar-refractivity contribution in [1.29, 1.82) is 5.26 Å². The molecular weight excluding hydrogens is 432 g/mol. The zero-order valence-corrected chi connectivity index (χ0v) is 19.0. The van der Waals surface area contributed by atoms with E-state index in [0.717, 1.165) is 5.69 Å². The average Bonchev–Trinajstić information content (AvgIpc) is 2.75. The summed E-state index contributed by atoms with van der Waals surface area (Å²) in [6, 6.07) is 16.4. The van der Waals surface area contributed by atoms with Crippen LogP contribution in [0.4, 0.5) is 5.69 Å². The molecular formula is C23H23ClN4O2S. The van der Waals surface area contributed by atoms with Gasteiger partial charge in [-0.05, 0) is 36.2 Å². The van der Waals surface area contributed by atoms with Gasteiger partial charge in [-0.2, -0.15) is 5.26 Å². The van der Waals surface area contributed by atoms with Gasteiger partial charge in [-0.1, -0.05) is 55.4 Å². The summed E-state index contributed by atoms with van der Waals surface area (Å²) in [4.78, 5) is 32.3. The van der Waals surface area contributed by atoms with Crippen LogP contribution in [0.1, 0.15) is 20.3 Å². The number of carbonyl (C=O) groups excluding carboxylic acids is 1. The Morgan fingerprint density at radius 3 is 2.68 bits per heavy atom. The first-order valence-electron chi connectivity index (χ1n) is 9.96. The van der Waals surface area contributed by atoms with E-state index in [-0.39, 0.29) is 29.6 Å². The number of nitrogens with zero attached hydrogens (tertiary/aromatic N) is 4. The van der Waals surface area contributed by atoms with Gasteiger partial charge in [0.1, 0.15) is 0 Å². The van der Waals surface area contributed by atoms with Gasteiger partial charge in [0, 0.05) is 23.8 Å². The molecule has 0 saturated heterocycles. The van der Waals surface area contributed by atoms with E-state index in [1.807, 2.05) is 44.2 Å². The van der Waals surface area contributed by atoms with Crippen LogP contribution in [0, 0.1) is 17.2 Å². The molecule has 3 aromatic rings. The summed E-state index contributed by atoms with van der Waals surface area (Å²) in [6.07, 6.45) is 0.232. The molecule has 8 heteroatoms. The predicted molar refractivity (Wildman–Crippen MR) is 126 cm³/mol. The van der Waals surface area contributed by atoms with Crippen LogP contribution in [0.3, 0.4) is 0 Å². The largest absolute Gasteiger partial charge is 0.311 e. The highest BCUT2D eigenvalue weighted by molar-refractivity contribution is 7.99. The quantitative estimate of drug-likeness (QED) is 0.362. The van der Waals surface area contributed by atoms with Crippen LogP contribution < -0.4 is 10.5 Å². The summed E-state index contributed by atoms with van der Waals surface area (Å²) in [5.74, 6) is 0.176. The summed E-state index contributed by atoms with van der Waals surface area (Å²) in [6.45, 7) is 4.85. The molecule has 0 aliphatic rings. The summed E-state index contributed by atoms with van der Waals surface area (Å²) >= 11 is 7.31. The Morgan fingerprint density at radius 2 is 2.00 bits per heavy atom. The molecule has 0 fully saturated rings. The van der Waals surface area contributed by atoms with Crippen LogP contribution in [0.5, 0.6) is 0 Å². The molecule has 3 rings (SSSR count). The van der Waals surface area contributed by atoms with Gasteiger partial charge in [-0.15, -0.1) is 0 Å². The molecule has 0 saturated carbocycles. The highest BCUT2D eigenvalue weighted by Crippen LogP contribution is 2.23. The van der Waals surface area contributed by atoms with Crippen LogP contribution >= 0.6 is 23.4 Å². The lowest BCUT2D eigenvalue weighted by atomic mass is 10.2. The van der Waals surface area contributed by atoms with Crippen molar-refractivity contribution < 1.29 is 4.79 Å². The molecule has 0 N–H and O–H groups in total. The van der Waals surface area contributed by atoms with Gasteiger partial charge >= 0.3 is 0 Å². The van der Waals surface area contributed by atoms with Crippen molar-refractivity contribution in [3.8, 4) is 6.07 Å². The fourth-order valence-corrected chi connectivity index (χ4v) is 4.23. The maximum Gasteiger partial charge on any atom is 0.262 e. The number of aromatic nitrogens is 2. The van der Waals surface area contributed by atoms with Crippen molar-refractivity contribution in [1.82, 2.24) is 9.55 Å². The van der Waals surface area contributed by atoms with Gasteiger partial charge in [0.15, 0.2) is 5.16 Å². The molecule has 31 heavy (non-hydrogen) atoms. The van der Waals surface area contributed by atoms with Crippen molar-refractivity contribution in [3.63, 3.8) is 0 Å². The van der Waals surface area contributed by atoms with Gasteiger partial charge in [0.25, 0.3) is 5.56 Å². The van der Waals surface area contributed by atoms with Crippen molar-refractivity contribution >= 4 is 45.9 Å². The third-order valence-corrected chi connectivity index (χ3v) is 5.77. The third-order valence-electron chi connectivity index (χ3n) is 4.57. The van der Waals surface area contributed by atoms with Gasteiger partial charge < -0.3 is 4.90 Å². The number of halogens is 1. The van der Waals surface area contributed by atoms with Crippen LogP contribution in [0.25, 0.3) is 10.9 Å². The number of anilines is 1. The maximum atomic E-state index is 13.1. The summed E-state index contributed by atoms with van der Waals surface area (Å²) in [5.41, 5.74) is 1.10. The Kier molecular flexibility index (Phi) is 7.72. The Morgan fingerprint density at radius 1 is 1.26 bits per heavy atom. The number of rotatable bonds is 8. The minimum absolute atomic E-state index is 0.0942. The van der Waals surface area contributed by atoms with E-state index in [1.54, 1.807) is 27.7 Å². The van der Waals surface area contributed by atoms with Gasteiger partial charge in [-0.3, -0.25) is 14.2 Å². The molecule has 1 aromatic heterocycles. The fraction of sp³-hybridized carbons (Fsp3) is 0.304. The molecule has 160 valence electrons. The van der Waals surface area contributed by atoms with E-state index in [9.17, 15) is 9.59 Å². The smallest absolute Gasteiger partial charge is 0.262 e. The van der Waals surface area contributed by atoms with Crippen LogP contribution in [0.15, 0.2) is 58.5 Å². The van der Waals surface area contributed by atoms with E-state index < -0.39 is 0 Å². The monoisotopic (exact) mass is 454 g/mol. The van der Waals surface area contributed by atoms with Gasteiger partial charge in [-0.25, -0.2) is 4.98 Å². The third kappa shape index (κ3) is 5.66. The molecule has 0 unspecified atom stereocenters. The van der Waals surface area contributed by atoms with Crippen molar-refractivity contribution in [2.75, 3.05) is 17.2 Å². The number of para-hydroxylation sites is 1. The second-order valence-corrected chi connectivity index (χ2v) is 8.82. The van der Waals surface area contributed by atoms with Crippen molar-refractivity contribution in [2.24, 2.45) is 5.92 Å². The average molecular weight is 455 g/mol. The number of hydrogen-bond acceptors (Lipinski definition) is 5. The number of hydrogen-bond donors (Lipinski definition) is 0. The van der Waals surface area contributed by atoms with Gasteiger partial charge in [0.05, 0.1) is 29.1 Å². The summed E-state index contributed by atoms with van der Waals surface area (Å²) in [7, 11) is 0. The SMILES string of the molecule is CC(C)Cn1c(SCC(=O)N(CCC#N)c2ccccc2)nc2cc(Cl)ccc2c1=O. The van der Waals surface area contributed by atoms with E-state index in [1.165, 1.54) is 11.8 Å². The number of fused-ring (bicyclic) bond motifs is 1. The highest BCUT2D eigenvalue weighted by Gasteiger charge is 2.19. The van der Waals surface area contributed by atoms with Gasteiger partial charge in [0.2, 0.25) is 5.91 Å². The standard InChI is InChI=1S/C23H23ClN4O2S/c1-16(2)14-28-22(30)19-10-9-17(24)13-20(19)26-23(28)31-15-21(29)27(12-6-11-25)18-7-4-3-5-8-18/h3-5,7-10,13,16H,6,12,14-15H2,1-2H3. The second-order valence-electron chi connectivity index (χ2n) is 7.44. The van der Waals surface area contributed by atoms with E-state index in [0.29, 0.717) is 34.2 Å². The number of amides is 1. The normalized spacial score (nSPS) is 10.9. The Bertz CT molecular complexity index is 1170. The molecule has 0 bridgehead atoms. The minimum Gasteiger partial charge on any atom is -0.311 e. The van der Waals surface area contributed by atoms with Crippen molar-refractivity contribution in [2.45, 2.75) is 32.0 Å². The Hall–Kier alpha value is -2.82. The summed E-state index contributed by atoms with van der Waals surface area (Å²) < 4.78 is 1.63. The maximum absolute atomic E-state index is 13.1. The molecule has 0 spiro atoms. The first-order valence-corrected chi connectivity index (χ1v) is 11.3. The number of nitriles is 1. The van der Waals surface area contributed by atoms with Crippen molar-refractivity contribution in [3.05, 3.63) is 63.9 Å². The lowest BCUT2D eigenvalue weighted by Crippen LogP contribution is -2.33. The molecule has 0 atom stereocenters. The van der Waals surface area contributed by atoms with E-state index >= 15 is 0 Å². The molecule has 1 heterocycles. The number of thioether (sulfide) groups is 1. The number of carbonyl (C=O) groups is 1. The molecule has 1 amide bonds. The Labute approximate surface area is 190 Å². The second kappa shape index (κ2) is 10.5. The van der Waals surface area contributed by atoms with E-state index in [2.05, 4.69) is 11.1 Å². The number of benzene rings is 2. The first-order chi connectivity index (χ1) is 14.9.